The van der Waals surface area contributed by atoms with E-state index in [-0.39, 0.29) is 30.1 Å². The average Bonchev–Trinajstić information content (AvgIpc) is 3.17. The van der Waals surface area contributed by atoms with E-state index in [1.807, 2.05) is 20.8 Å². The number of alkyl carbamates (subject to hydrolysis) is 1. The molecule has 3 N–H and O–H groups in total. The van der Waals surface area contributed by atoms with Gasteiger partial charge in [-0.3, -0.25) is 9.59 Å². The van der Waals surface area contributed by atoms with Gasteiger partial charge in [-0.1, -0.05) is 0 Å². The van der Waals surface area contributed by atoms with Crippen LogP contribution in [0.4, 0.5) is 4.79 Å². The van der Waals surface area contributed by atoms with Gasteiger partial charge in [-0.25, -0.2) is 4.79 Å². The smallest absolute Gasteiger partial charge is 0.407 e. The lowest BCUT2D eigenvalue weighted by molar-refractivity contribution is -0.393. The van der Waals surface area contributed by atoms with Gasteiger partial charge in [0.1, 0.15) is 5.60 Å². The van der Waals surface area contributed by atoms with Crippen LogP contribution in [0.25, 0.3) is 0 Å². The molecule has 2 amide bonds. The first-order valence-corrected chi connectivity index (χ1v) is 14.0. The molecule has 2 spiro atoms. The summed E-state index contributed by atoms with van der Waals surface area (Å²) in [4.78, 5) is 48.4. The third-order valence-corrected chi connectivity index (χ3v) is 9.12. The second-order valence-corrected chi connectivity index (χ2v) is 13.1. The first-order chi connectivity index (χ1) is 17.4. The molecule has 6 rings (SSSR count). The van der Waals surface area contributed by atoms with Crippen molar-refractivity contribution in [2.24, 2.45) is 29.1 Å². The van der Waals surface area contributed by atoms with Gasteiger partial charge in [-0.15, -0.1) is 0 Å². The number of carboxylic acids is 1. The van der Waals surface area contributed by atoms with Gasteiger partial charge in [0.2, 0.25) is 17.5 Å². The van der Waals surface area contributed by atoms with Crippen molar-refractivity contribution in [3.05, 3.63) is 0 Å². The Balaban J connectivity index is 1.14. The Bertz CT molecular complexity index is 891. The van der Waals surface area contributed by atoms with Crippen molar-refractivity contribution in [3.63, 3.8) is 0 Å². The molecule has 0 aromatic carbocycles. The summed E-state index contributed by atoms with van der Waals surface area (Å²) in [6.07, 6.45) is 7.45. The zero-order valence-electron chi connectivity index (χ0n) is 22.3. The second kappa shape index (κ2) is 9.68. The van der Waals surface area contributed by atoms with Crippen LogP contribution < -0.4 is 10.6 Å². The number of rotatable bonds is 7. The minimum Gasteiger partial charge on any atom is -0.481 e. The number of carbonyl (C=O) groups excluding carboxylic acids is 2. The summed E-state index contributed by atoms with van der Waals surface area (Å²) >= 11 is 0. The van der Waals surface area contributed by atoms with E-state index in [2.05, 4.69) is 10.6 Å². The van der Waals surface area contributed by atoms with Gasteiger partial charge in [-0.2, -0.15) is 9.78 Å². The number of hydrogen-bond donors (Lipinski definition) is 3. The molecule has 1 aliphatic heterocycles. The Morgan fingerprint density at radius 1 is 0.973 bits per heavy atom. The van der Waals surface area contributed by atoms with E-state index in [4.69, 9.17) is 24.4 Å². The zero-order valence-corrected chi connectivity index (χ0v) is 22.3. The number of nitrogens with one attached hydrogen (secondary N) is 2. The number of carboxylic acid groups (broad SMARTS) is 1. The Kier molecular flexibility index (Phi) is 6.98. The van der Waals surface area contributed by atoms with Crippen molar-refractivity contribution in [1.82, 2.24) is 10.6 Å². The van der Waals surface area contributed by atoms with E-state index >= 15 is 0 Å². The number of aliphatic carboxylic acids is 1. The molecule has 10 heteroatoms. The molecule has 10 nitrogen and oxygen atoms in total. The third kappa shape index (κ3) is 5.34. The lowest BCUT2D eigenvalue weighted by atomic mass is 9.47. The highest BCUT2D eigenvalue weighted by atomic mass is 17.3. The summed E-state index contributed by atoms with van der Waals surface area (Å²) in [5, 5.41) is 15.0. The van der Waals surface area contributed by atoms with Gasteiger partial charge >= 0.3 is 12.1 Å². The largest absolute Gasteiger partial charge is 0.481 e. The monoisotopic (exact) mass is 522 g/mol. The van der Waals surface area contributed by atoms with Gasteiger partial charge in [0.25, 0.3) is 0 Å². The molecular weight excluding hydrogens is 480 g/mol. The standard InChI is InChI=1S/C27H42N2O8/c1-24(2,3)34-23(33)29-10-4-9-28-22(32)25-14-18-11-19(15-25)27(20(12-18)16-25)35-26(36-37-27)7-5-17(6-8-26)13-21(30)31/h17-20H,4-16H2,1-3H3,(H,28,32)(H,29,33)(H,30,31). The molecule has 4 bridgehead atoms. The Labute approximate surface area is 218 Å². The van der Waals surface area contributed by atoms with E-state index in [0.717, 1.165) is 44.9 Å². The molecule has 5 aliphatic carbocycles. The molecular formula is C27H42N2O8. The molecule has 5 saturated carbocycles. The van der Waals surface area contributed by atoms with Crippen LogP contribution in [0.1, 0.15) is 91.4 Å². The molecule has 6 fully saturated rings. The van der Waals surface area contributed by atoms with E-state index in [1.54, 1.807) is 0 Å². The van der Waals surface area contributed by atoms with Gasteiger partial charge in [0.15, 0.2) is 0 Å². The van der Waals surface area contributed by atoms with Crippen molar-refractivity contribution in [2.45, 2.75) is 109 Å². The first kappa shape index (κ1) is 26.7. The van der Waals surface area contributed by atoms with Gasteiger partial charge in [0, 0.05) is 44.2 Å². The highest BCUT2D eigenvalue weighted by molar-refractivity contribution is 5.83. The van der Waals surface area contributed by atoms with Crippen LogP contribution in [0.15, 0.2) is 0 Å². The lowest BCUT2D eigenvalue weighted by Gasteiger charge is -2.61. The van der Waals surface area contributed by atoms with E-state index in [1.165, 1.54) is 0 Å². The highest BCUT2D eigenvalue weighted by Gasteiger charge is 2.71. The molecule has 0 aromatic rings. The topological polar surface area (TPSA) is 132 Å². The van der Waals surface area contributed by atoms with Crippen molar-refractivity contribution in [1.29, 1.82) is 0 Å². The van der Waals surface area contributed by atoms with Crippen LogP contribution in [0.2, 0.25) is 0 Å². The van der Waals surface area contributed by atoms with Crippen LogP contribution in [0, 0.1) is 29.1 Å². The van der Waals surface area contributed by atoms with E-state index in [0.29, 0.717) is 38.3 Å². The molecule has 0 radical (unpaired) electrons. The van der Waals surface area contributed by atoms with Gasteiger partial charge in [-0.05, 0) is 84.0 Å². The second-order valence-electron chi connectivity index (χ2n) is 13.1. The maximum atomic E-state index is 13.4. The molecule has 2 atom stereocenters. The third-order valence-electron chi connectivity index (χ3n) is 9.12. The van der Waals surface area contributed by atoms with Crippen LogP contribution in [-0.2, 0) is 28.8 Å². The maximum absolute atomic E-state index is 13.4. The average molecular weight is 523 g/mol. The first-order valence-electron chi connectivity index (χ1n) is 14.0. The fourth-order valence-electron chi connectivity index (χ4n) is 7.71. The van der Waals surface area contributed by atoms with Gasteiger partial charge in [0.05, 0.1) is 5.41 Å². The fraction of sp³-hybridized carbons (Fsp3) is 0.889. The summed E-state index contributed by atoms with van der Waals surface area (Å²) in [6, 6.07) is 0. The summed E-state index contributed by atoms with van der Waals surface area (Å²) < 4.78 is 12.0. The lowest BCUT2D eigenvalue weighted by Crippen LogP contribution is -2.65. The zero-order chi connectivity index (χ0) is 26.5. The van der Waals surface area contributed by atoms with Gasteiger partial charge < -0.3 is 25.2 Å². The van der Waals surface area contributed by atoms with Crippen LogP contribution in [-0.4, -0.2) is 53.3 Å². The quantitative estimate of drug-likeness (QED) is 0.339. The van der Waals surface area contributed by atoms with Crippen LogP contribution >= 0.6 is 0 Å². The number of amides is 2. The van der Waals surface area contributed by atoms with Crippen molar-refractivity contribution in [3.8, 4) is 0 Å². The summed E-state index contributed by atoms with van der Waals surface area (Å²) in [7, 11) is 0. The molecule has 2 unspecified atom stereocenters. The minimum absolute atomic E-state index is 0.0989. The Hall–Kier alpha value is -1.91. The van der Waals surface area contributed by atoms with E-state index in [9.17, 15) is 14.4 Å². The summed E-state index contributed by atoms with van der Waals surface area (Å²) in [6.45, 7) is 6.40. The number of hydrogen-bond acceptors (Lipinski definition) is 7. The molecule has 1 heterocycles. The SMILES string of the molecule is CC(C)(C)OC(=O)NCCCNC(=O)C12CC3CC(C1)C1(OOC4(CCC(CC(=O)O)CC4)O1)C(C3)C2. The molecule has 0 aromatic heterocycles. The summed E-state index contributed by atoms with van der Waals surface area (Å²) in [5.74, 6) is -1.40. The number of ether oxygens (including phenoxy) is 2. The predicted octanol–water partition coefficient (Wildman–Crippen LogP) is 3.88. The van der Waals surface area contributed by atoms with E-state index < -0.39 is 34.7 Å². The number of carbonyl (C=O) groups is 3. The summed E-state index contributed by atoms with van der Waals surface area (Å²) in [5.41, 5.74) is -0.937. The molecule has 208 valence electrons. The predicted molar refractivity (Wildman–Crippen MR) is 131 cm³/mol. The Morgan fingerprint density at radius 3 is 2.24 bits per heavy atom. The minimum atomic E-state index is -0.794. The molecule has 37 heavy (non-hydrogen) atoms. The highest BCUT2D eigenvalue weighted by Crippen LogP contribution is 2.67. The molecule has 1 saturated heterocycles. The van der Waals surface area contributed by atoms with Crippen molar-refractivity contribution >= 4 is 18.0 Å². The molecule has 6 aliphatic rings. The fourth-order valence-corrected chi connectivity index (χ4v) is 7.71. The normalized spacial score (nSPS) is 40.2. The van der Waals surface area contributed by atoms with Crippen molar-refractivity contribution < 1.29 is 38.7 Å². The van der Waals surface area contributed by atoms with Crippen molar-refractivity contribution in [2.75, 3.05) is 13.1 Å². The van der Waals surface area contributed by atoms with Crippen LogP contribution in [0.3, 0.4) is 0 Å². The van der Waals surface area contributed by atoms with Crippen LogP contribution in [0.5, 0.6) is 0 Å². The maximum Gasteiger partial charge on any atom is 0.407 e. The Morgan fingerprint density at radius 2 is 1.62 bits per heavy atom.